The summed E-state index contributed by atoms with van der Waals surface area (Å²) in [5.74, 6) is 0.966. The molecule has 1 N–H and O–H groups in total. The fraction of sp³-hybridized carbons (Fsp3) is 0.647. The van der Waals surface area contributed by atoms with Gasteiger partial charge in [0.25, 0.3) is 0 Å². The van der Waals surface area contributed by atoms with Crippen LogP contribution in [0, 0.1) is 0 Å². The van der Waals surface area contributed by atoms with Gasteiger partial charge in [0, 0.05) is 18.7 Å². The molecule has 0 aliphatic heterocycles. The highest BCUT2D eigenvalue weighted by atomic mass is 16.5. The van der Waals surface area contributed by atoms with Crippen LogP contribution in [0.15, 0.2) is 24.3 Å². The molecule has 0 heterocycles. The van der Waals surface area contributed by atoms with E-state index in [1.54, 1.807) is 0 Å². The van der Waals surface area contributed by atoms with Gasteiger partial charge in [0.1, 0.15) is 12.4 Å². The number of hydrogen-bond donors (Lipinski definition) is 1. The number of para-hydroxylation sites is 1. The van der Waals surface area contributed by atoms with Crippen LogP contribution in [0.4, 0.5) is 0 Å². The van der Waals surface area contributed by atoms with Gasteiger partial charge in [-0.15, -0.1) is 0 Å². The molecule has 114 valence electrons. The highest BCUT2D eigenvalue weighted by Crippen LogP contribution is 2.17. The van der Waals surface area contributed by atoms with E-state index < -0.39 is 0 Å². The van der Waals surface area contributed by atoms with Gasteiger partial charge in [0.2, 0.25) is 0 Å². The molecule has 0 unspecified atom stereocenters. The van der Waals surface area contributed by atoms with Crippen LogP contribution in [0.3, 0.4) is 0 Å². The summed E-state index contributed by atoms with van der Waals surface area (Å²) in [5.41, 5.74) is 1.21. The number of nitrogens with one attached hydrogen (secondary N) is 1. The maximum Gasteiger partial charge on any atom is 0.123 e. The summed E-state index contributed by atoms with van der Waals surface area (Å²) in [5, 5.41) is 3.41. The Labute approximate surface area is 123 Å². The summed E-state index contributed by atoms with van der Waals surface area (Å²) in [7, 11) is 0. The first kappa shape index (κ1) is 17.0. The second-order valence-corrected chi connectivity index (χ2v) is 4.95. The number of rotatable bonds is 12. The Morgan fingerprint density at radius 2 is 1.80 bits per heavy atom. The van der Waals surface area contributed by atoms with Crippen molar-refractivity contribution in [3.05, 3.63) is 29.8 Å². The van der Waals surface area contributed by atoms with Gasteiger partial charge in [-0.3, -0.25) is 0 Å². The van der Waals surface area contributed by atoms with Crippen molar-refractivity contribution in [2.24, 2.45) is 0 Å². The smallest absolute Gasteiger partial charge is 0.123 e. The Hall–Kier alpha value is -1.06. The van der Waals surface area contributed by atoms with Gasteiger partial charge in [0.05, 0.1) is 6.61 Å². The van der Waals surface area contributed by atoms with Gasteiger partial charge in [-0.1, -0.05) is 44.9 Å². The van der Waals surface area contributed by atoms with Crippen molar-refractivity contribution in [3.8, 4) is 5.75 Å². The predicted molar refractivity (Wildman–Crippen MR) is 84.3 cm³/mol. The maximum absolute atomic E-state index is 5.81. The number of hydrogen-bond acceptors (Lipinski definition) is 3. The van der Waals surface area contributed by atoms with E-state index in [0.717, 1.165) is 38.3 Å². The van der Waals surface area contributed by atoms with Crippen molar-refractivity contribution in [1.82, 2.24) is 5.32 Å². The third-order valence-corrected chi connectivity index (χ3v) is 3.09. The average Bonchev–Trinajstić information content (AvgIpc) is 2.48. The summed E-state index contributed by atoms with van der Waals surface area (Å²) in [6.45, 7) is 8.41. The Morgan fingerprint density at radius 1 is 0.950 bits per heavy atom. The van der Waals surface area contributed by atoms with Crippen LogP contribution in [0.1, 0.15) is 45.1 Å². The Kier molecular flexibility index (Phi) is 9.98. The Balaban J connectivity index is 2.21. The molecule has 1 aromatic rings. The van der Waals surface area contributed by atoms with Gasteiger partial charge in [-0.2, -0.15) is 0 Å². The molecule has 1 aromatic carbocycles. The lowest BCUT2D eigenvalue weighted by atomic mass is 10.2. The van der Waals surface area contributed by atoms with Crippen LogP contribution in [0.2, 0.25) is 0 Å². The van der Waals surface area contributed by atoms with E-state index in [1.165, 1.54) is 18.4 Å². The molecule has 20 heavy (non-hydrogen) atoms. The molecule has 0 saturated heterocycles. The van der Waals surface area contributed by atoms with Crippen LogP contribution in [-0.2, 0) is 11.3 Å². The van der Waals surface area contributed by atoms with E-state index in [2.05, 4.69) is 31.3 Å². The Morgan fingerprint density at radius 3 is 2.60 bits per heavy atom. The maximum atomic E-state index is 5.81. The second-order valence-electron chi connectivity index (χ2n) is 4.95. The molecule has 3 nitrogen and oxygen atoms in total. The standard InChI is InChI=1S/C17H29NO2/c1-3-5-8-12-19-13-14-20-17-10-7-6-9-16(17)15-18-11-4-2/h6-7,9-10,18H,3-5,8,11-15H2,1-2H3. The van der Waals surface area contributed by atoms with E-state index >= 15 is 0 Å². The SMILES string of the molecule is CCCCCOCCOc1ccccc1CNCCC. The number of unbranched alkanes of at least 4 members (excludes halogenated alkanes) is 2. The fourth-order valence-corrected chi connectivity index (χ4v) is 1.96. The molecular weight excluding hydrogens is 250 g/mol. The summed E-state index contributed by atoms with van der Waals surface area (Å²) in [6, 6.07) is 8.21. The number of benzene rings is 1. The molecular formula is C17H29NO2. The van der Waals surface area contributed by atoms with Crippen molar-refractivity contribution in [3.63, 3.8) is 0 Å². The van der Waals surface area contributed by atoms with Crippen LogP contribution < -0.4 is 10.1 Å². The molecule has 1 rings (SSSR count). The summed E-state index contributed by atoms with van der Waals surface area (Å²) >= 11 is 0. The summed E-state index contributed by atoms with van der Waals surface area (Å²) < 4.78 is 11.4. The molecule has 0 aliphatic carbocycles. The molecule has 0 aliphatic rings. The van der Waals surface area contributed by atoms with Gasteiger partial charge in [-0.05, 0) is 25.5 Å². The Bertz CT molecular complexity index is 342. The van der Waals surface area contributed by atoms with E-state index in [9.17, 15) is 0 Å². The van der Waals surface area contributed by atoms with Crippen molar-refractivity contribution < 1.29 is 9.47 Å². The van der Waals surface area contributed by atoms with Crippen molar-refractivity contribution in [2.45, 2.75) is 46.1 Å². The zero-order valence-electron chi connectivity index (χ0n) is 13.0. The summed E-state index contributed by atoms with van der Waals surface area (Å²) in [4.78, 5) is 0. The first-order chi connectivity index (χ1) is 9.88. The predicted octanol–water partition coefficient (Wildman–Crippen LogP) is 3.77. The minimum Gasteiger partial charge on any atom is -0.491 e. The highest BCUT2D eigenvalue weighted by molar-refractivity contribution is 5.33. The van der Waals surface area contributed by atoms with Crippen molar-refractivity contribution in [1.29, 1.82) is 0 Å². The zero-order valence-corrected chi connectivity index (χ0v) is 13.0. The van der Waals surface area contributed by atoms with Crippen molar-refractivity contribution >= 4 is 0 Å². The lowest BCUT2D eigenvalue weighted by molar-refractivity contribution is 0.0970. The molecule has 0 aromatic heterocycles. The topological polar surface area (TPSA) is 30.5 Å². The molecule has 0 bridgehead atoms. The lowest BCUT2D eigenvalue weighted by Crippen LogP contribution is -2.15. The third-order valence-electron chi connectivity index (χ3n) is 3.09. The number of ether oxygens (including phenoxy) is 2. The van der Waals surface area contributed by atoms with Gasteiger partial charge in [0.15, 0.2) is 0 Å². The lowest BCUT2D eigenvalue weighted by Gasteiger charge is -2.12. The second kappa shape index (κ2) is 11.7. The molecule has 0 radical (unpaired) electrons. The van der Waals surface area contributed by atoms with E-state index in [-0.39, 0.29) is 0 Å². The van der Waals surface area contributed by atoms with Gasteiger partial charge in [-0.25, -0.2) is 0 Å². The molecule has 0 atom stereocenters. The minimum atomic E-state index is 0.622. The van der Waals surface area contributed by atoms with Crippen LogP contribution in [-0.4, -0.2) is 26.4 Å². The minimum absolute atomic E-state index is 0.622. The molecule has 0 saturated carbocycles. The van der Waals surface area contributed by atoms with Gasteiger partial charge < -0.3 is 14.8 Å². The average molecular weight is 279 g/mol. The summed E-state index contributed by atoms with van der Waals surface area (Å²) in [6.07, 6.45) is 4.77. The molecule has 0 amide bonds. The quantitative estimate of drug-likeness (QED) is 0.591. The first-order valence-corrected chi connectivity index (χ1v) is 7.87. The highest BCUT2D eigenvalue weighted by Gasteiger charge is 2.02. The first-order valence-electron chi connectivity index (χ1n) is 7.87. The molecule has 0 spiro atoms. The fourth-order valence-electron chi connectivity index (χ4n) is 1.96. The normalized spacial score (nSPS) is 10.7. The monoisotopic (exact) mass is 279 g/mol. The molecule has 0 fully saturated rings. The van der Waals surface area contributed by atoms with Gasteiger partial charge >= 0.3 is 0 Å². The van der Waals surface area contributed by atoms with E-state index in [4.69, 9.17) is 9.47 Å². The van der Waals surface area contributed by atoms with E-state index in [0.29, 0.717) is 13.2 Å². The van der Waals surface area contributed by atoms with Crippen LogP contribution >= 0.6 is 0 Å². The van der Waals surface area contributed by atoms with Crippen LogP contribution in [0.25, 0.3) is 0 Å². The largest absolute Gasteiger partial charge is 0.491 e. The van der Waals surface area contributed by atoms with Crippen molar-refractivity contribution in [2.75, 3.05) is 26.4 Å². The van der Waals surface area contributed by atoms with Crippen LogP contribution in [0.5, 0.6) is 5.75 Å². The third kappa shape index (κ3) is 7.51. The molecule has 3 heteroatoms. The van der Waals surface area contributed by atoms with E-state index in [1.807, 2.05) is 12.1 Å². The zero-order chi connectivity index (χ0) is 14.5.